The van der Waals surface area contributed by atoms with E-state index >= 15 is 0 Å². The molecule has 2 nitrogen and oxygen atoms in total. The smallest absolute Gasteiger partial charge is 0.0465 e. The molecule has 2 rings (SSSR count). The quantitative estimate of drug-likeness (QED) is 0.784. The highest BCUT2D eigenvalue weighted by molar-refractivity contribution is 9.10. The van der Waals surface area contributed by atoms with Crippen LogP contribution >= 0.6 is 32.3 Å². The zero-order valence-electron chi connectivity index (χ0n) is 8.37. The van der Waals surface area contributed by atoms with Crippen molar-refractivity contribution in [2.45, 2.75) is 0 Å². The van der Waals surface area contributed by atoms with Crippen LogP contribution in [0.15, 0.2) is 48.5 Å². The molecule has 2 N–H and O–H groups in total. The molecule has 0 aliphatic carbocycles. The number of hydrogen-bond acceptors (Lipinski definition) is 2. The summed E-state index contributed by atoms with van der Waals surface area (Å²) in [6, 6.07) is 16.4. The van der Waals surface area contributed by atoms with Gasteiger partial charge in [0.15, 0.2) is 0 Å². The highest BCUT2D eigenvalue weighted by Gasteiger charge is 1.97. The Bertz CT molecular complexity index is 406. The Labute approximate surface area is 112 Å². The summed E-state index contributed by atoms with van der Waals surface area (Å²) in [5, 5.41) is 0. The highest BCUT2D eigenvalue weighted by atomic mass is 79.9. The number of rotatable bonds is 3. The van der Waals surface area contributed by atoms with Crippen LogP contribution in [0.3, 0.4) is 0 Å². The van der Waals surface area contributed by atoms with Crippen molar-refractivity contribution in [3.8, 4) is 11.1 Å². The van der Waals surface area contributed by atoms with Crippen molar-refractivity contribution in [3.05, 3.63) is 48.5 Å². The van der Waals surface area contributed by atoms with Crippen LogP contribution in [0.5, 0.6) is 0 Å². The lowest BCUT2D eigenvalue weighted by Crippen LogP contribution is -1.82. The van der Waals surface area contributed by atoms with Crippen LogP contribution in [0.2, 0.25) is 0 Å². The van der Waals surface area contributed by atoms with Crippen LogP contribution in [0, 0.1) is 0 Å². The number of halogens is 2. The largest absolute Gasteiger partial charge is 0.322 e. The standard InChI is InChI=1S/C12H10Br2N2/c13-15-11-5-1-9(2-6-11)10-3-7-12(16-14)8-4-10/h1-8,15-16H. The number of hydrogen-bond donors (Lipinski definition) is 2. The molecule has 4 heteroatoms. The monoisotopic (exact) mass is 340 g/mol. The molecule has 82 valence electrons. The fourth-order valence-electron chi connectivity index (χ4n) is 1.45. The van der Waals surface area contributed by atoms with E-state index < -0.39 is 0 Å². The summed E-state index contributed by atoms with van der Waals surface area (Å²) in [6.45, 7) is 0. The van der Waals surface area contributed by atoms with Crippen molar-refractivity contribution in [1.82, 2.24) is 0 Å². The Morgan fingerprint density at radius 1 is 0.562 bits per heavy atom. The Morgan fingerprint density at radius 2 is 0.875 bits per heavy atom. The van der Waals surface area contributed by atoms with E-state index in [2.05, 4.69) is 65.2 Å². The van der Waals surface area contributed by atoms with Crippen molar-refractivity contribution in [2.75, 3.05) is 8.69 Å². The molecular weight excluding hydrogens is 332 g/mol. The van der Waals surface area contributed by atoms with Crippen molar-refractivity contribution in [3.63, 3.8) is 0 Å². The summed E-state index contributed by atoms with van der Waals surface area (Å²) in [5.74, 6) is 0. The van der Waals surface area contributed by atoms with Gasteiger partial charge in [0.05, 0.1) is 0 Å². The molecule has 0 aliphatic rings. The Kier molecular flexibility index (Phi) is 3.85. The van der Waals surface area contributed by atoms with Gasteiger partial charge in [0.1, 0.15) is 0 Å². The van der Waals surface area contributed by atoms with Gasteiger partial charge >= 0.3 is 0 Å². The van der Waals surface area contributed by atoms with Crippen molar-refractivity contribution in [2.24, 2.45) is 0 Å². The third-order valence-corrected chi connectivity index (χ3v) is 3.24. The van der Waals surface area contributed by atoms with E-state index in [4.69, 9.17) is 0 Å². The summed E-state index contributed by atoms with van der Waals surface area (Å²) in [4.78, 5) is 0. The van der Waals surface area contributed by atoms with Gasteiger partial charge in [-0.05, 0) is 35.4 Å². The fourth-order valence-corrected chi connectivity index (χ4v) is 1.98. The van der Waals surface area contributed by atoms with Crippen LogP contribution < -0.4 is 8.69 Å². The molecule has 0 aliphatic heterocycles. The van der Waals surface area contributed by atoms with Crippen LogP contribution in [-0.4, -0.2) is 0 Å². The molecule has 0 atom stereocenters. The van der Waals surface area contributed by atoms with Gasteiger partial charge < -0.3 is 8.69 Å². The second-order valence-electron chi connectivity index (χ2n) is 3.34. The average Bonchev–Trinajstić information content (AvgIpc) is 2.39. The maximum atomic E-state index is 3.19. The average molecular weight is 342 g/mol. The molecule has 0 unspecified atom stereocenters. The van der Waals surface area contributed by atoms with Gasteiger partial charge in [0.25, 0.3) is 0 Å². The minimum Gasteiger partial charge on any atom is -0.322 e. The first-order valence-electron chi connectivity index (χ1n) is 4.77. The molecule has 0 saturated carbocycles. The summed E-state index contributed by atoms with van der Waals surface area (Å²) >= 11 is 6.39. The van der Waals surface area contributed by atoms with E-state index in [0.29, 0.717) is 0 Å². The Hall–Kier alpha value is -1.00. The van der Waals surface area contributed by atoms with Crippen LogP contribution in [0.1, 0.15) is 0 Å². The zero-order chi connectivity index (χ0) is 11.4. The Morgan fingerprint density at radius 3 is 1.12 bits per heavy atom. The molecule has 2 aromatic rings. The van der Waals surface area contributed by atoms with E-state index in [9.17, 15) is 0 Å². The van der Waals surface area contributed by atoms with Gasteiger partial charge in [-0.1, -0.05) is 24.3 Å². The summed E-state index contributed by atoms with van der Waals surface area (Å²) in [7, 11) is 0. The summed E-state index contributed by atoms with van der Waals surface area (Å²) in [5.41, 5.74) is 4.49. The highest BCUT2D eigenvalue weighted by Crippen LogP contribution is 2.23. The zero-order valence-corrected chi connectivity index (χ0v) is 11.5. The van der Waals surface area contributed by atoms with E-state index in [1.807, 2.05) is 24.3 Å². The van der Waals surface area contributed by atoms with Gasteiger partial charge in [-0.3, -0.25) is 0 Å². The number of anilines is 2. The van der Waals surface area contributed by atoms with Gasteiger partial charge in [-0.25, -0.2) is 0 Å². The van der Waals surface area contributed by atoms with Gasteiger partial charge in [-0.15, -0.1) is 0 Å². The topological polar surface area (TPSA) is 24.1 Å². The third kappa shape index (κ3) is 2.57. The third-order valence-electron chi connectivity index (χ3n) is 2.32. The molecule has 0 amide bonds. The van der Waals surface area contributed by atoms with Crippen LogP contribution in [-0.2, 0) is 0 Å². The maximum Gasteiger partial charge on any atom is 0.0465 e. The van der Waals surface area contributed by atoms with E-state index in [-0.39, 0.29) is 0 Å². The van der Waals surface area contributed by atoms with Crippen molar-refractivity contribution >= 4 is 43.7 Å². The van der Waals surface area contributed by atoms with Gasteiger partial charge in [0.2, 0.25) is 0 Å². The molecule has 0 bridgehead atoms. The molecule has 0 aromatic heterocycles. The molecule has 0 spiro atoms. The number of nitrogens with one attached hydrogen (secondary N) is 2. The number of benzene rings is 2. The lowest BCUT2D eigenvalue weighted by molar-refractivity contribution is 1.61. The maximum absolute atomic E-state index is 3.19. The minimum absolute atomic E-state index is 1.04. The molecule has 0 heterocycles. The van der Waals surface area contributed by atoms with E-state index in [0.717, 1.165) is 11.4 Å². The van der Waals surface area contributed by atoms with Gasteiger partial charge in [-0.2, -0.15) is 0 Å². The molecule has 0 fully saturated rings. The predicted octanol–water partition coefficient (Wildman–Crippen LogP) is 4.80. The normalized spacial score (nSPS) is 9.88. The molecular formula is C12H10Br2N2. The lowest BCUT2D eigenvalue weighted by Gasteiger charge is -2.04. The SMILES string of the molecule is BrNc1ccc(-c2ccc(NBr)cc2)cc1. The second kappa shape index (κ2) is 5.37. The summed E-state index contributed by atoms with van der Waals surface area (Å²) in [6.07, 6.45) is 0. The lowest BCUT2D eigenvalue weighted by atomic mass is 10.1. The van der Waals surface area contributed by atoms with Crippen molar-refractivity contribution < 1.29 is 0 Å². The first-order valence-corrected chi connectivity index (χ1v) is 6.36. The van der Waals surface area contributed by atoms with E-state index in [1.165, 1.54) is 11.1 Å². The van der Waals surface area contributed by atoms with E-state index in [1.54, 1.807) is 0 Å². The van der Waals surface area contributed by atoms with Crippen molar-refractivity contribution in [1.29, 1.82) is 0 Å². The fraction of sp³-hybridized carbons (Fsp3) is 0. The molecule has 2 aromatic carbocycles. The van der Waals surface area contributed by atoms with Crippen LogP contribution in [0.4, 0.5) is 11.4 Å². The minimum atomic E-state index is 1.04. The molecule has 0 radical (unpaired) electrons. The van der Waals surface area contributed by atoms with Gasteiger partial charge in [0, 0.05) is 43.7 Å². The molecule has 16 heavy (non-hydrogen) atoms. The Balaban J connectivity index is 2.28. The first-order chi connectivity index (χ1) is 7.83. The summed E-state index contributed by atoms with van der Waals surface area (Å²) < 4.78 is 5.84. The van der Waals surface area contributed by atoms with Crippen LogP contribution in [0.25, 0.3) is 11.1 Å². The predicted molar refractivity (Wildman–Crippen MR) is 77.0 cm³/mol. The second-order valence-corrected chi connectivity index (χ2v) is 4.14. The first kappa shape index (κ1) is 11.5. The molecule has 0 saturated heterocycles.